The summed E-state index contributed by atoms with van der Waals surface area (Å²) in [6.07, 6.45) is 8.51. The van der Waals surface area contributed by atoms with Crippen molar-refractivity contribution in [2.45, 2.75) is 45.4 Å². The Morgan fingerprint density at radius 3 is 3.15 bits per heavy atom. The fraction of sp³-hybridized carbons (Fsp3) is 0.421. The zero-order valence-electron chi connectivity index (χ0n) is 15.1. The molecule has 4 rings (SSSR count). The summed E-state index contributed by atoms with van der Waals surface area (Å²) in [5.74, 6) is 1.58. The van der Waals surface area contributed by atoms with Crippen LogP contribution in [0.5, 0.6) is 0 Å². The van der Waals surface area contributed by atoms with Crippen LogP contribution in [0.1, 0.15) is 42.6 Å². The summed E-state index contributed by atoms with van der Waals surface area (Å²) in [7, 11) is 0. The standard InChI is InChI=1S/C19H21N5O2S/c1-2-12-5-6-14-15(10-12)27-19(21-14)22-16(25)7-8-17-23-18(24-26-17)13-4-3-9-20-11-13/h3-4,9,11-12H,2,5-8,10H2,1H3,(H,21,22,25). The van der Waals surface area contributed by atoms with Crippen molar-refractivity contribution in [3.05, 3.63) is 41.0 Å². The van der Waals surface area contributed by atoms with Crippen LogP contribution in [-0.2, 0) is 24.1 Å². The Kier molecular flexibility index (Phi) is 5.24. The van der Waals surface area contributed by atoms with Gasteiger partial charge in [-0.15, -0.1) is 11.3 Å². The number of rotatable bonds is 6. The lowest BCUT2D eigenvalue weighted by atomic mass is 9.89. The van der Waals surface area contributed by atoms with E-state index >= 15 is 0 Å². The highest BCUT2D eigenvalue weighted by atomic mass is 32.1. The van der Waals surface area contributed by atoms with Crippen molar-refractivity contribution in [3.8, 4) is 11.4 Å². The summed E-state index contributed by atoms with van der Waals surface area (Å²) in [6, 6.07) is 3.68. The number of amides is 1. The van der Waals surface area contributed by atoms with Gasteiger partial charge in [-0.2, -0.15) is 4.98 Å². The minimum Gasteiger partial charge on any atom is -0.339 e. The molecule has 1 atom stereocenters. The molecule has 0 radical (unpaired) electrons. The third kappa shape index (κ3) is 4.21. The monoisotopic (exact) mass is 383 g/mol. The highest BCUT2D eigenvalue weighted by Crippen LogP contribution is 2.33. The van der Waals surface area contributed by atoms with Crippen LogP contribution in [-0.4, -0.2) is 26.0 Å². The Bertz CT molecular complexity index is 921. The van der Waals surface area contributed by atoms with Crippen LogP contribution in [0.15, 0.2) is 29.0 Å². The van der Waals surface area contributed by atoms with Gasteiger partial charge in [-0.25, -0.2) is 4.98 Å². The predicted molar refractivity (Wildman–Crippen MR) is 102 cm³/mol. The minimum absolute atomic E-state index is 0.0886. The van der Waals surface area contributed by atoms with E-state index in [1.165, 1.54) is 17.7 Å². The lowest BCUT2D eigenvalue weighted by Gasteiger charge is -2.18. The number of nitrogens with one attached hydrogen (secondary N) is 1. The van der Waals surface area contributed by atoms with Gasteiger partial charge in [0.15, 0.2) is 5.13 Å². The lowest BCUT2D eigenvalue weighted by Crippen LogP contribution is -2.13. The van der Waals surface area contributed by atoms with Gasteiger partial charge in [0.25, 0.3) is 0 Å². The maximum atomic E-state index is 12.3. The fourth-order valence-electron chi connectivity index (χ4n) is 3.22. The van der Waals surface area contributed by atoms with Gasteiger partial charge in [-0.05, 0) is 37.3 Å². The molecule has 0 spiro atoms. The van der Waals surface area contributed by atoms with Crippen LogP contribution < -0.4 is 5.32 Å². The molecule has 3 aromatic rings. The van der Waals surface area contributed by atoms with E-state index in [0.29, 0.717) is 23.3 Å². The third-order valence-corrected chi connectivity index (χ3v) is 5.85. The van der Waals surface area contributed by atoms with Gasteiger partial charge >= 0.3 is 0 Å². The number of hydrogen-bond donors (Lipinski definition) is 1. The average Bonchev–Trinajstić information content (AvgIpc) is 3.33. The SMILES string of the molecule is CCC1CCc2nc(NC(=O)CCc3nc(-c4cccnc4)no3)sc2C1. The van der Waals surface area contributed by atoms with Crippen LogP contribution in [0.4, 0.5) is 5.13 Å². The number of carbonyl (C=O) groups is 1. The van der Waals surface area contributed by atoms with Gasteiger partial charge in [0, 0.05) is 35.7 Å². The molecular weight excluding hydrogens is 362 g/mol. The summed E-state index contributed by atoms with van der Waals surface area (Å²) in [5.41, 5.74) is 1.94. The first kappa shape index (κ1) is 17.8. The summed E-state index contributed by atoms with van der Waals surface area (Å²) in [4.78, 5) is 26.5. The van der Waals surface area contributed by atoms with Gasteiger partial charge in [-0.1, -0.05) is 18.5 Å². The molecule has 0 saturated carbocycles. The average molecular weight is 383 g/mol. The number of nitrogens with zero attached hydrogens (tertiary/aromatic N) is 4. The molecule has 1 aliphatic carbocycles. The van der Waals surface area contributed by atoms with Crippen molar-refractivity contribution in [1.29, 1.82) is 0 Å². The smallest absolute Gasteiger partial charge is 0.227 e. The molecular formula is C19H21N5O2S. The Labute approximate surface area is 161 Å². The number of hydrogen-bond acceptors (Lipinski definition) is 7. The summed E-state index contributed by atoms with van der Waals surface area (Å²) < 4.78 is 5.23. The van der Waals surface area contributed by atoms with Gasteiger partial charge in [0.1, 0.15) is 0 Å². The molecule has 1 aliphatic rings. The van der Waals surface area contributed by atoms with Crippen LogP contribution >= 0.6 is 11.3 Å². The van der Waals surface area contributed by atoms with Crippen molar-refractivity contribution in [2.24, 2.45) is 5.92 Å². The van der Waals surface area contributed by atoms with Crippen molar-refractivity contribution >= 4 is 22.4 Å². The Morgan fingerprint density at radius 1 is 1.41 bits per heavy atom. The Balaban J connectivity index is 1.32. The van der Waals surface area contributed by atoms with Crippen LogP contribution in [0.2, 0.25) is 0 Å². The third-order valence-electron chi connectivity index (χ3n) is 4.82. The quantitative estimate of drug-likeness (QED) is 0.698. The van der Waals surface area contributed by atoms with Crippen LogP contribution in [0.25, 0.3) is 11.4 Å². The maximum Gasteiger partial charge on any atom is 0.227 e. The number of pyridine rings is 1. The number of fused-ring (bicyclic) bond motifs is 1. The zero-order chi connectivity index (χ0) is 18.6. The predicted octanol–water partition coefficient (Wildman–Crippen LogP) is 3.67. The second-order valence-corrected chi connectivity index (χ2v) is 7.79. The van der Waals surface area contributed by atoms with Crippen molar-refractivity contribution in [3.63, 3.8) is 0 Å². The zero-order valence-corrected chi connectivity index (χ0v) is 16.0. The van der Waals surface area contributed by atoms with Gasteiger partial charge in [-0.3, -0.25) is 9.78 Å². The Morgan fingerprint density at radius 2 is 2.33 bits per heavy atom. The molecule has 7 nitrogen and oxygen atoms in total. The Hall–Kier alpha value is -2.61. The van der Waals surface area contributed by atoms with Crippen molar-refractivity contribution in [2.75, 3.05) is 5.32 Å². The molecule has 1 unspecified atom stereocenters. The van der Waals surface area contributed by atoms with E-state index in [2.05, 4.69) is 32.3 Å². The summed E-state index contributed by atoms with van der Waals surface area (Å²) in [5, 5.41) is 7.55. The van der Waals surface area contributed by atoms with E-state index in [1.54, 1.807) is 23.7 Å². The first-order chi connectivity index (χ1) is 13.2. The number of carbonyl (C=O) groups excluding carboxylic acids is 1. The topological polar surface area (TPSA) is 93.8 Å². The van der Waals surface area contributed by atoms with Gasteiger partial charge < -0.3 is 9.84 Å². The van der Waals surface area contributed by atoms with E-state index in [9.17, 15) is 4.79 Å². The fourth-order valence-corrected chi connectivity index (χ4v) is 4.35. The van der Waals surface area contributed by atoms with Gasteiger partial charge in [0.2, 0.25) is 17.6 Å². The first-order valence-electron chi connectivity index (χ1n) is 9.22. The van der Waals surface area contributed by atoms with Crippen molar-refractivity contribution in [1.82, 2.24) is 20.1 Å². The first-order valence-corrected chi connectivity index (χ1v) is 10.0. The minimum atomic E-state index is -0.0886. The molecule has 0 aromatic carbocycles. The van der Waals surface area contributed by atoms with E-state index in [-0.39, 0.29) is 12.3 Å². The molecule has 0 aliphatic heterocycles. The van der Waals surface area contributed by atoms with E-state index in [1.807, 2.05) is 12.1 Å². The normalized spacial score (nSPS) is 16.1. The molecule has 27 heavy (non-hydrogen) atoms. The number of aromatic nitrogens is 4. The molecule has 3 heterocycles. The van der Waals surface area contributed by atoms with E-state index in [0.717, 1.165) is 30.0 Å². The molecule has 0 saturated heterocycles. The molecule has 1 amide bonds. The van der Waals surface area contributed by atoms with Gasteiger partial charge in [0.05, 0.1) is 5.69 Å². The highest BCUT2D eigenvalue weighted by Gasteiger charge is 2.22. The molecule has 0 fully saturated rings. The largest absolute Gasteiger partial charge is 0.339 e. The molecule has 8 heteroatoms. The molecule has 0 bridgehead atoms. The van der Waals surface area contributed by atoms with E-state index < -0.39 is 0 Å². The molecule has 3 aromatic heterocycles. The van der Waals surface area contributed by atoms with E-state index in [4.69, 9.17) is 4.52 Å². The summed E-state index contributed by atoms with van der Waals surface area (Å²) >= 11 is 1.60. The second-order valence-electron chi connectivity index (χ2n) is 6.71. The second kappa shape index (κ2) is 7.96. The number of aryl methyl sites for hydroxylation is 2. The number of thiazole rings is 1. The van der Waals surface area contributed by atoms with Crippen LogP contribution in [0.3, 0.4) is 0 Å². The lowest BCUT2D eigenvalue weighted by molar-refractivity contribution is -0.116. The summed E-state index contributed by atoms with van der Waals surface area (Å²) in [6.45, 7) is 2.23. The van der Waals surface area contributed by atoms with Crippen LogP contribution in [0, 0.1) is 5.92 Å². The molecule has 140 valence electrons. The number of anilines is 1. The maximum absolute atomic E-state index is 12.3. The highest BCUT2D eigenvalue weighted by molar-refractivity contribution is 7.15. The van der Waals surface area contributed by atoms with Crippen molar-refractivity contribution < 1.29 is 9.32 Å². The molecule has 1 N–H and O–H groups in total.